The lowest BCUT2D eigenvalue weighted by Gasteiger charge is -2.28. The highest BCUT2D eigenvalue weighted by atomic mass is 32.2. The molecule has 1 saturated heterocycles. The number of thioether (sulfide) groups is 1. The molecule has 1 fully saturated rings. The summed E-state index contributed by atoms with van der Waals surface area (Å²) in [6.45, 7) is 2.45. The van der Waals surface area contributed by atoms with E-state index in [0.717, 1.165) is 29.7 Å². The Kier molecular flexibility index (Phi) is 7.58. The Morgan fingerprint density at radius 1 is 1.10 bits per heavy atom. The van der Waals surface area contributed by atoms with Gasteiger partial charge in [0.2, 0.25) is 5.91 Å². The number of unbranched alkanes of at least 4 members (excludes halogenated alkanes) is 1. The minimum Gasteiger partial charge on any atom is -0.497 e. The predicted octanol–water partition coefficient (Wildman–Crippen LogP) is 4.22. The number of benzene rings is 2. The molecule has 6 heteroatoms. The van der Waals surface area contributed by atoms with E-state index in [0.29, 0.717) is 12.4 Å². The lowest BCUT2D eigenvalue weighted by atomic mass is 10.1. The number of amides is 1. The molecule has 0 radical (unpaired) electrons. The van der Waals surface area contributed by atoms with Gasteiger partial charge in [-0.2, -0.15) is 0 Å². The van der Waals surface area contributed by atoms with Gasteiger partial charge in [0.25, 0.3) is 0 Å². The van der Waals surface area contributed by atoms with Gasteiger partial charge in [-0.05, 0) is 29.7 Å². The van der Waals surface area contributed by atoms with Crippen molar-refractivity contribution in [2.24, 2.45) is 0 Å². The molecule has 2 aromatic rings. The van der Waals surface area contributed by atoms with Crippen molar-refractivity contribution < 1.29 is 19.1 Å². The zero-order valence-corrected chi connectivity index (χ0v) is 17.7. The Bertz CT molecular complexity index is 809. The van der Waals surface area contributed by atoms with Gasteiger partial charge in [0, 0.05) is 5.75 Å². The van der Waals surface area contributed by atoms with Crippen LogP contribution in [0.2, 0.25) is 0 Å². The maximum atomic E-state index is 13.3. The van der Waals surface area contributed by atoms with Crippen LogP contribution in [0.1, 0.15) is 36.3 Å². The summed E-state index contributed by atoms with van der Waals surface area (Å²) in [5.41, 5.74) is 1.90. The van der Waals surface area contributed by atoms with Crippen molar-refractivity contribution in [1.82, 2.24) is 4.90 Å². The number of nitrogens with zero attached hydrogens (tertiary/aromatic N) is 1. The van der Waals surface area contributed by atoms with Gasteiger partial charge in [0.1, 0.15) is 17.2 Å². The molecule has 2 unspecified atom stereocenters. The molecule has 0 aliphatic carbocycles. The molecule has 1 heterocycles. The highest BCUT2D eigenvalue weighted by molar-refractivity contribution is 7.99. The Morgan fingerprint density at radius 2 is 1.83 bits per heavy atom. The maximum absolute atomic E-state index is 13.3. The fourth-order valence-electron chi connectivity index (χ4n) is 3.29. The zero-order valence-electron chi connectivity index (χ0n) is 16.9. The second-order valence-corrected chi connectivity index (χ2v) is 8.07. The molecule has 1 aliphatic rings. The molecule has 5 nitrogen and oxygen atoms in total. The number of esters is 1. The predicted molar refractivity (Wildman–Crippen MR) is 115 cm³/mol. The summed E-state index contributed by atoms with van der Waals surface area (Å²) in [6, 6.07) is 16.7. The van der Waals surface area contributed by atoms with E-state index < -0.39 is 6.04 Å². The summed E-state index contributed by atoms with van der Waals surface area (Å²) in [5, 5.41) is -0.189. The van der Waals surface area contributed by atoms with E-state index in [4.69, 9.17) is 9.47 Å². The SMILES string of the molecule is CCCCOC(=O)C1CSC(c2ccccc2)N1C(=O)Cc1ccc(OC)cc1. The first-order chi connectivity index (χ1) is 14.1. The second kappa shape index (κ2) is 10.3. The average Bonchev–Trinajstić information content (AvgIpc) is 3.20. The molecule has 1 amide bonds. The van der Waals surface area contributed by atoms with Crippen molar-refractivity contribution in [2.45, 2.75) is 37.6 Å². The van der Waals surface area contributed by atoms with Crippen LogP contribution in [-0.2, 0) is 20.7 Å². The molecule has 29 heavy (non-hydrogen) atoms. The van der Waals surface area contributed by atoms with E-state index in [1.54, 1.807) is 23.8 Å². The smallest absolute Gasteiger partial charge is 0.329 e. The van der Waals surface area contributed by atoms with Crippen LogP contribution in [0.4, 0.5) is 0 Å². The third kappa shape index (κ3) is 5.32. The van der Waals surface area contributed by atoms with E-state index in [1.165, 1.54) is 0 Å². The van der Waals surface area contributed by atoms with Crippen LogP contribution < -0.4 is 4.74 Å². The van der Waals surface area contributed by atoms with E-state index in [2.05, 4.69) is 6.92 Å². The van der Waals surface area contributed by atoms with Crippen molar-refractivity contribution in [3.8, 4) is 5.75 Å². The Morgan fingerprint density at radius 3 is 2.48 bits per heavy atom. The third-order valence-corrected chi connectivity index (χ3v) is 6.23. The van der Waals surface area contributed by atoms with Crippen LogP contribution in [0, 0.1) is 0 Å². The highest BCUT2D eigenvalue weighted by Gasteiger charge is 2.42. The number of ether oxygens (including phenoxy) is 2. The van der Waals surface area contributed by atoms with E-state index in [9.17, 15) is 9.59 Å². The van der Waals surface area contributed by atoms with E-state index in [1.807, 2.05) is 54.6 Å². The summed E-state index contributed by atoms with van der Waals surface area (Å²) in [6.07, 6.45) is 2.01. The van der Waals surface area contributed by atoms with Crippen LogP contribution in [0.3, 0.4) is 0 Å². The quantitative estimate of drug-likeness (QED) is 0.479. The number of carbonyl (C=O) groups excluding carboxylic acids is 2. The maximum Gasteiger partial charge on any atom is 0.329 e. The summed E-state index contributed by atoms with van der Waals surface area (Å²) >= 11 is 1.61. The average molecular weight is 414 g/mol. The molecule has 3 rings (SSSR count). The number of rotatable bonds is 8. The van der Waals surface area contributed by atoms with Crippen LogP contribution in [0.25, 0.3) is 0 Å². The Balaban J connectivity index is 1.79. The van der Waals surface area contributed by atoms with Gasteiger partial charge in [0.05, 0.1) is 20.1 Å². The zero-order chi connectivity index (χ0) is 20.6. The number of hydrogen-bond donors (Lipinski definition) is 0. The van der Waals surface area contributed by atoms with Gasteiger partial charge in [-0.3, -0.25) is 4.79 Å². The molecule has 2 aromatic carbocycles. The Labute approximate surface area is 176 Å². The van der Waals surface area contributed by atoms with E-state index >= 15 is 0 Å². The first kappa shape index (κ1) is 21.2. The van der Waals surface area contributed by atoms with Crippen molar-refractivity contribution in [3.63, 3.8) is 0 Å². The standard InChI is InChI=1S/C23H27NO4S/c1-3-4-14-28-23(26)20-16-29-22(18-8-6-5-7-9-18)24(20)21(25)15-17-10-12-19(27-2)13-11-17/h5-13,20,22H,3-4,14-16H2,1-2H3. The summed E-state index contributed by atoms with van der Waals surface area (Å²) in [4.78, 5) is 27.7. The minimum absolute atomic E-state index is 0.0774. The monoisotopic (exact) mass is 413 g/mol. The van der Waals surface area contributed by atoms with Gasteiger partial charge in [0.15, 0.2) is 0 Å². The summed E-state index contributed by atoms with van der Waals surface area (Å²) in [7, 11) is 1.61. The van der Waals surface area contributed by atoms with Gasteiger partial charge in [-0.25, -0.2) is 4.79 Å². The van der Waals surface area contributed by atoms with Crippen LogP contribution >= 0.6 is 11.8 Å². The second-order valence-electron chi connectivity index (χ2n) is 6.96. The van der Waals surface area contributed by atoms with Crippen molar-refractivity contribution >= 4 is 23.6 Å². The first-order valence-electron chi connectivity index (χ1n) is 9.91. The third-order valence-electron chi connectivity index (χ3n) is 4.90. The lowest BCUT2D eigenvalue weighted by molar-refractivity contribution is -0.154. The van der Waals surface area contributed by atoms with Crippen LogP contribution in [-0.4, -0.2) is 42.3 Å². The van der Waals surface area contributed by atoms with Crippen LogP contribution in [0.5, 0.6) is 5.75 Å². The van der Waals surface area contributed by atoms with Crippen molar-refractivity contribution in [3.05, 3.63) is 65.7 Å². The lowest BCUT2D eigenvalue weighted by Crippen LogP contribution is -2.44. The molecular formula is C23H27NO4S. The normalized spacial score (nSPS) is 18.5. The fraction of sp³-hybridized carbons (Fsp3) is 0.391. The molecule has 2 atom stereocenters. The van der Waals surface area contributed by atoms with Crippen LogP contribution in [0.15, 0.2) is 54.6 Å². The molecule has 0 N–H and O–H groups in total. The fourth-order valence-corrected chi connectivity index (χ4v) is 4.73. The first-order valence-corrected chi connectivity index (χ1v) is 11.0. The molecule has 0 aromatic heterocycles. The highest BCUT2D eigenvalue weighted by Crippen LogP contribution is 2.42. The molecule has 1 aliphatic heterocycles. The number of methoxy groups -OCH3 is 1. The van der Waals surface area contributed by atoms with Gasteiger partial charge >= 0.3 is 5.97 Å². The topological polar surface area (TPSA) is 55.8 Å². The molecule has 0 saturated carbocycles. The number of hydrogen-bond acceptors (Lipinski definition) is 5. The molecule has 154 valence electrons. The molecule has 0 spiro atoms. The van der Waals surface area contributed by atoms with E-state index in [-0.39, 0.29) is 23.7 Å². The van der Waals surface area contributed by atoms with Gasteiger partial charge in [-0.1, -0.05) is 55.8 Å². The van der Waals surface area contributed by atoms with Gasteiger partial charge in [-0.15, -0.1) is 11.8 Å². The Hall–Kier alpha value is -2.47. The van der Waals surface area contributed by atoms with Gasteiger partial charge < -0.3 is 14.4 Å². The molecular weight excluding hydrogens is 386 g/mol. The summed E-state index contributed by atoms with van der Waals surface area (Å²) in [5.74, 6) is 0.898. The largest absolute Gasteiger partial charge is 0.497 e. The summed E-state index contributed by atoms with van der Waals surface area (Å²) < 4.78 is 10.6. The molecule has 0 bridgehead atoms. The van der Waals surface area contributed by atoms with Crippen molar-refractivity contribution in [1.29, 1.82) is 0 Å². The van der Waals surface area contributed by atoms with Crippen molar-refractivity contribution in [2.75, 3.05) is 19.5 Å². The minimum atomic E-state index is -0.562. The number of carbonyl (C=O) groups is 2.